The Bertz CT molecular complexity index is 757. The molecule has 1 aliphatic heterocycles. The highest BCUT2D eigenvalue weighted by Gasteiger charge is 2.31. The molecule has 0 saturated carbocycles. The second-order valence-corrected chi connectivity index (χ2v) is 7.25. The number of benzene rings is 1. The highest BCUT2D eigenvalue weighted by atomic mass is 32.2. The first kappa shape index (κ1) is 15.9. The molecule has 2 heterocycles. The van der Waals surface area contributed by atoms with Crippen molar-refractivity contribution in [3.63, 3.8) is 0 Å². The average Bonchev–Trinajstić information content (AvgIpc) is 3.09. The molecule has 1 saturated heterocycles. The topological polar surface area (TPSA) is 68.1 Å². The largest absolute Gasteiger partial charge is 0.370 e. The second kappa shape index (κ2) is 6.23. The lowest BCUT2D eigenvalue weighted by molar-refractivity contribution is 0.234. The van der Waals surface area contributed by atoms with Crippen LogP contribution in [0.1, 0.15) is 18.9 Å². The lowest BCUT2D eigenvalue weighted by Gasteiger charge is -2.34. The minimum atomic E-state index is -4.62. The van der Waals surface area contributed by atoms with Crippen LogP contribution in [-0.4, -0.2) is 42.0 Å². The summed E-state index contributed by atoms with van der Waals surface area (Å²) >= 11 is 0. The molecular formula is C14H16F2N4O2S. The van der Waals surface area contributed by atoms with Crippen LogP contribution in [-0.2, 0) is 9.84 Å². The standard InChI is InChI=1S/C14H16F2N4O2S/c15-14(16)23(21,22)13-4-2-1-3-12(13)19-7-5-11(6-8-19)20-10-17-9-18-20/h1-4,9-11,14H,5-8H2. The Morgan fingerprint density at radius 3 is 2.48 bits per heavy atom. The molecule has 0 unspecified atom stereocenters. The van der Waals surface area contributed by atoms with Gasteiger partial charge in [0.05, 0.1) is 16.6 Å². The summed E-state index contributed by atoms with van der Waals surface area (Å²) in [4.78, 5) is 5.44. The van der Waals surface area contributed by atoms with Gasteiger partial charge in [0.25, 0.3) is 0 Å². The maximum absolute atomic E-state index is 12.9. The van der Waals surface area contributed by atoms with E-state index in [1.807, 2.05) is 4.90 Å². The molecule has 0 N–H and O–H groups in total. The Kier molecular flexibility index (Phi) is 4.29. The van der Waals surface area contributed by atoms with E-state index >= 15 is 0 Å². The first-order valence-electron chi connectivity index (χ1n) is 7.20. The Morgan fingerprint density at radius 1 is 1.17 bits per heavy atom. The predicted molar refractivity (Wildman–Crippen MR) is 80.1 cm³/mol. The minimum Gasteiger partial charge on any atom is -0.370 e. The van der Waals surface area contributed by atoms with Gasteiger partial charge < -0.3 is 4.90 Å². The normalized spacial score (nSPS) is 16.9. The smallest absolute Gasteiger partial charge is 0.341 e. The molecule has 1 aromatic heterocycles. The maximum atomic E-state index is 12.9. The monoisotopic (exact) mass is 342 g/mol. The number of halogens is 2. The fourth-order valence-electron chi connectivity index (χ4n) is 2.83. The molecule has 6 nitrogen and oxygen atoms in total. The van der Waals surface area contributed by atoms with Gasteiger partial charge in [0.15, 0.2) is 0 Å². The van der Waals surface area contributed by atoms with E-state index in [9.17, 15) is 17.2 Å². The van der Waals surface area contributed by atoms with E-state index in [4.69, 9.17) is 0 Å². The SMILES string of the molecule is O=S(=O)(c1ccccc1N1CCC(n2cncn2)CC1)C(F)F. The van der Waals surface area contributed by atoms with E-state index in [2.05, 4.69) is 10.1 Å². The summed E-state index contributed by atoms with van der Waals surface area (Å²) in [5, 5.41) is 4.11. The molecule has 0 amide bonds. The van der Waals surface area contributed by atoms with Crippen LogP contribution in [0.25, 0.3) is 0 Å². The maximum Gasteiger partial charge on any atom is 0.341 e. The fourth-order valence-corrected chi connectivity index (χ4v) is 3.78. The summed E-state index contributed by atoms with van der Waals surface area (Å²) in [6.07, 6.45) is 4.60. The quantitative estimate of drug-likeness (QED) is 0.851. The van der Waals surface area contributed by atoms with Gasteiger partial charge in [-0.3, -0.25) is 0 Å². The van der Waals surface area contributed by atoms with Crippen molar-refractivity contribution in [2.45, 2.75) is 29.5 Å². The van der Waals surface area contributed by atoms with Crippen molar-refractivity contribution in [3.8, 4) is 0 Å². The van der Waals surface area contributed by atoms with Gasteiger partial charge in [-0.15, -0.1) is 0 Å². The van der Waals surface area contributed by atoms with Crippen LogP contribution in [0.5, 0.6) is 0 Å². The van der Waals surface area contributed by atoms with Gasteiger partial charge in [-0.25, -0.2) is 18.1 Å². The molecule has 0 aliphatic carbocycles. The molecule has 1 aliphatic rings. The summed E-state index contributed by atoms with van der Waals surface area (Å²) < 4.78 is 51.2. The molecule has 0 spiro atoms. The molecular weight excluding hydrogens is 326 g/mol. The van der Waals surface area contributed by atoms with Crippen LogP contribution in [0.2, 0.25) is 0 Å². The summed E-state index contributed by atoms with van der Waals surface area (Å²) in [7, 11) is -4.62. The summed E-state index contributed by atoms with van der Waals surface area (Å²) in [5.74, 6) is -3.42. The Balaban J connectivity index is 1.82. The van der Waals surface area contributed by atoms with Crippen LogP contribution in [0.4, 0.5) is 14.5 Å². The first-order valence-corrected chi connectivity index (χ1v) is 8.75. The number of para-hydroxylation sites is 1. The summed E-state index contributed by atoms with van der Waals surface area (Å²) in [5.41, 5.74) is 0.338. The number of rotatable bonds is 4. The zero-order chi connectivity index (χ0) is 16.4. The average molecular weight is 342 g/mol. The molecule has 2 aromatic rings. The van der Waals surface area contributed by atoms with E-state index in [1.54, 1.807) is 23.1 Å². The van der Waals surface area contributed by atoms with Crippen molar-refractivity contribution in [2.75, 3.05) is 18.0 Å². The van der Waals surface area contributed by atoms with Crippen molar-refractivity contribution in [1.29, 1.82) is 0 Å². The minimum absolute atomic E-state index is 0.188. The first-order chi connectivity index (χ1) is 11.0. The summed E-state index contributed by atoms with van der Waals surface area (Å²) in [6, 6.07) is 6.11. The van der Waals surface area contributed by atoms with Crippen molar-refractivity contribution in [2.24, 2.45) is 0 Å². The van der Waals surface area contributed by atoms with Crippen LogP contribution in [0, 0.1) is 0 Å². The van der Waals surface area contributed by atoms with Crippen LogP contribution in [0.3, 0.4) is 0 Å². The van der Waals surface area contributed by atoms with Crippen molar-refractivity contribution in [1.82, 2.24) is 14.8 Å². The number of anilines is 1. The fraction of sp³-hybridized carbons (Fsp3) is 0.429. The number of sulfone groups is 1. The van der Waals surface area contributed by atoms with Gasteiger partial charge in [0.2, 0.25) is 9.84 Å². The van der Waals surface area contributed by atoms with Crippen LogP contribution >= 0.6 is 0 Å². The van der Waals surface area contributed by atoms with E-state index in [-0.39, 0.29) is 10.9 Å². The van der Waals surface area contributed by atoms with E-state index in [1.165, 1.54) is 18.5 Å². The second-order valence-electron chi connectivity index (χ2n) is 5.37. The molecule has 0 atom stereocenters. The molecule has 0 bridgehead atoms. The Hall–Kier alpha value is -2.03. The zero-order valence-electron chi connectivity index (χ0n) is 12.2. The number of aromatic nitrogens is 3. The predicted octanol–water partition coefficient (Wildman–Crippen LogP) is 2.12. The third kappa shape index (κ3) is 3.05. The molecule has 3 rings (SSSR count). The molecule has 23 heavy (non-hydrogen) atoms. The van der Waals surface area contributed by atoms with E-state index < -0.39 is 15.6 Å². The number of piperidine rings is 1. The van der Waals surface area contributed by atoms with Gasteiger partial charge in [-0.2, -0.15) is 13.9 Å². The highest BCUT2D eigenvalue weighted by molar-refractivity contribution is 7.91. The van der Waals surface area contributed by atoms with Gasteiger partial charge >= 0.3 is 5.76 Å². The molecule has 1 fully saturated rings. The molecule has 9 heteroatoms. The van der Waals surface area contributed by atoms with Crippen LogP contribution in [0.15, 0.2) is 41.8 Å². The Labute approximate surface area is 132 Å². The Morgan fingerprint density at radius 2 is 1.87 bits per heavy atom. The van der Waals surface area contributed by atoms with Gasteiger partial charge in [-0.1, -0.05) is 12.1 Å². The zero-order valence-corrected chi connectivity index (χ0v) is 13.0. The highest BCUT2D eigenvalue weighted by Crippen LogP contribution is 2.32. The lowest BCUT2D eigenvalue weighted by Crippen LogP contribution is -2.35. The van der Waals surface area contributed by atoms with Gasteiger partial charge in [0.1, 0.15) is 12.7 Å². The van der Waals surface area contributed by atoms with Crippen LogP contribution < -0.4 is 4.90 Å². The lowest BCUT2D eigenvalue weighted by atomic mass is 10.0. The number of nitrogens with zero attached hydrogens (tertiary/aromatic N) is 4. The van der Waals surface area contributed by atoms with Crippen molar-refractivity contribution < 1.29 is 17.2 Å². The number of hydrogen-bond donors (Lipinski definition) is 0. The van der Waals surface area contributed by atoms with E-state index in [0.29, 0.717) is 18.8 Å². The number of alkyl halides is 2. The summed E-state index contributed by atoms with van der Waals surface area (Å²) in [6.45, 7) is 1.14. The molecule has 124 valence electrons. The van der Waals surface area contributed by atoms with Crippen molar-refractivity contribution >= 4 is 15.5 Å². The molecule has 1 aromatic carbocycles. The third-order valence-corrected chi connectivity index (χ3v) is 5.45. The third-order valence-electron chi connectivity index (χ3n) is 4.02. The van der Waals surface area contributed by atoms with Gasteiger partial charge in [-0.05, 0) is 25.0 Å². The van der Waals surface area contributed by atoms with E-state index in [0.717, 1.165) is 12.8 Å². The molecule has 0 radical (unpaired) electrons. The van der Waals surface area contributed by atoms with Crippen molar-refractivity contribution in [3.05, 3.63) is 36.9 Å². The number of hydrogen-bond acceptors (Lipinski definition) is 5. The van der Waals surface area contributed by atoms with Gasteiger partial charge in [0, 0.05) is 13.1 Å².